The number of benzene rings is 1. The Morgan fingerprint density at radius 2 is 1.79 bits per heavy atom. The second-order valence-corrected chi connectivity index (χ2v) is 13.8. The van der Waals surface area contributed by atoms with Gasteiger partial charge in [0.2, 0.25) is 0 Å². The van der Waals surface area contributed by atoms with E-state index in [0.29, 0.717) is 12.8 Å². The van der Waals surface area contributed by atoms with Crippen LogP contribution in [0.1, 0.15) is 80.5 Å². The van der Waals surface area contributed by atoms with Gasteiger partial charge in [0.1, 0.15) is 16.4 Å². The van der Waals surface area contributed by atoms with Gasteiger partial charge in [-0.3, -0.25) is 9.59 Å². The number of allylic oxidation sites excluding steroid dienone is 1. The van der Waals surface area contributed by atoms with E-state index in [-0.39, 0.29) is 45.2 Å². The molecular formula is C26H31BrCl2O4. The summed E-state index contributed by atoms with van der Waals surface area (Å²) in [6.45, 7) is 12.7. The van der Waals surface area contributed by atoms with E-state index >= 15 is 0 Å². The summed E-state index contributed by atoms with van der Waals surface area (Å²) in [7, 11) is 0. The molecule has 0 aliphatic heterocycles. The van der Waals surface area contributed by atoms with Gasteiger partial charge in [0.25, 0.3) is 0 Å². The second-order valence-electron chi connectivity index (χ2n) is 11.5. The van der Waals surface area contributed by atoms with Crippen molar-refractivity contribution in [3.8, 4) is 11.5 Å². The summed E-state index contributed by atoms with van der Waals surface area (Å²) in [6, 6.07) is 2.35. The van der Waals surface area contributed by atoms with Crippen molar-refractivity contribution in [2.75, 3.05) is 0 Å². The van der Waals surface area contributed by atoms with Gasteiger partial charge in [-0.25, -0.2) is 0 Å². The molecule has 2 fully saturated rings. The maximum atomic E-state index is 14.4. The van der Waals surface area contributed by atoms with E-state index in [2.05, 4.69) is 36.4 Å². The molecule has 180 valence electrons. The van der Waals surface area contributed by atoms with Crippen LogP contribution in [-0.4, -0.2) is 36.9 Å². The number of halogens is 3. The standard InChI is InChI=1S/C26H31BrCl2O4/c1-13-6-7-18(27)24(4,5)16(13)10-25-12-23(2,3)19(28)11-26(25,29)22(33)20-15(21(25)32)8-14(30)9-17(20)31/h8-9,16,18-19,30-31H,1,6-7,10-12H2,2-5H3/t16?,18-,19+,25-,26-/m0/s1. The molecule has 2 N–H and O–H groups in total. The third kappa shape index (κ3) is 3.43. The van der Waals surface area contributed by atoms with Crippen molar-refractivity contribution < 1.29 is 19.8 Å². The van der Waals surface area contributed by atoms with Crippen molar-refractivity contribution in [2.45, 2.75) is 74.9 Å². The van der Waals surface area contributed by atoms with Crippen LogP contribution in [0.5, 0.6) is 11.5 Å². The molecule has 4 nitrogen and oxygen atoms in total. The quantitative estimate of drug-likeness (QED) is 0.303. The lowest BCUT2D eigenvalue weighted by atomic mass is 9.47. The van der Waals surface area contributed by atoms with Crippen molar-refractivity contribution in [1.29, 1.82) is 0 Å². The molecule has 1 unspecified atom stereocenters. The lowest BCUT2D eigenvalue weighted by Gasteiger charge is -2.59. The SMILES string of the molecule is C=C1CC[C@H](Br)C(C)(C)C1C[C@@]12CC(C)(C)[C@H](Cl)C[C@]1(Cl)C(=O)c1c(O)cc(O)cc1C2=O. The highest BCUT2D eigenvalue weighted by Crippen LogP contribution is 2.66. The maximum absolute atomic E-state index is 14.4. The molecule has 2 saturated carbocycles. The largest absolute Gasteiger partial charge is 0.508 e. The highest BCUT2D eigenvalue weighted by Gasteiger charge is 2.69. The topological polar surface area (TPSA) is 74.6 Å². The number of phenolic OH excluding ortho intramolecular Hbond substituents is 2. The average molecular weight is 558 g/mol. The Kier molecular flexibility index (Phi) is 5.87. The number of aromatic hydroxyl groups is 2. The number of fused-ring (bicyclic) bond motifs is 2. The summed E-state index contributed by atoms with van der Waals surface area (Å²) in [4.78, 5) is 26.9. The highest BCUT2D eigenvalue weighted by atomic mass is 79.9. The van der Waals surface area contributed by atoms with E-state index in [9.17, 15) is 19.8 Å². The van der Waals surface area contributed by atoms with Crippen LogP contribution in [0.4, 0.5) is 0 Å². The normalized spacial score (nSPS) is 37.4. The average Bonchev–Trinajstić information content (AvgIpc) is 2.69. The predicted octanol–water partition coefficient (Wildman–Crippen LogP) is 7.01. The molecule has 1 aromatic rings. The van der Waals surface area contributed by atoms with Crippen LogP contribution < -0.4 is 0 Å². The molecule has 0 bridgehead atoms. The summed E-state index contributed by atoms with van der Waals surface area (Å²) >= 11 is 17.9. The van der Waals surface area contributed by atoms with Crippen LogP contribution in [0.2, 0.25) is 0 Å². The summed E-state index contributed by atoms with van der Waals surface area (Å²) in [5.41, 5.74) is -0.948. The molecule has 1 aromatic carbocycles. The van der Waals surface area contributed by atoms with Gasteiger partial charge in [-0.2, -0.15) is 0 Å². The van der Waals surface area contributed by atoms with Gasteiger partial charge in [0.05, 0.1) is 11.0 Å². The minimum absolute atomic E-state index is 0.0345. The first-order chi connectivity index (χ1) is 15.1. The van der Waals surface area contributed by atoms with Crippen LogP contribution >= 0.6 is 39.1 Å². The third-order valence-electron chi connectivity index (χ3n) is 8.66. The Morgan fingerprint density at radius 1 is 1.15 bits per heavy atom. The first-order valence-electron chi connectivity index (χ1n) is 11.4. The zero-order chi connectivity index (χ0) is 24.7. The first-order valence-corrected chi connectivity index (χ1v) is 13.1. The minimum atomic E-state index is -1.59. The van der Waals surface area contributed by atoms with Gasteiger partial charge in [-0.05, 0) is 54.9 Å². The molecule has 0 radical (unpaired) electrons. The van der Waals surface area contributed by atoms with Gasteiger partial charge >= 0.3 is 0 Å². The summed E-state index contributed by atoms with van der Waals surface area (Å²) in [5.74, 6) is -1.56. The van der Waals surface area contributed by atoms with E-state index < -0.39 is 32.6 Å². The van der Waals surface area contributed by atoms with Gasteiger partial charge < -0.3 is 10.2 Å². The highest BCUT2D eigenvalue weighted by molar-refractivity contribution is 9.09. The molecule has 3 aliphatic rings. The third-order valence-corrected chi connectivity index (χ3v) is 11.7. The lowest BCUT2D eigenvalue weighted by Crippen LogP contribution is -2.65. The van der Waals surface area contributed by atoms with Crippen molar-refractivity contribution in [1.82, 2.24) is 0 Å². The van der Waals surface area contributed by atoms with E-state index in [1.165, 1.54) is 6.07 Å². The van der Waals surface area contributed by atoms with Gasteiger partial charge in [-0.1, -0.05) is 55.8 Å². The molecule has 0 saturated heterocycles. The summed E-state index contributed by atoms with van der Waals surface area (Å²) in [5, 5.41) is 20.2. The zero-order valence-electron chi connectivity index (χ0n) is 19.5. The Hall–Kier alpha value is -1.04. The monoisotopic (exact) mass is 556 g/mol. The van der Waals surface area contributed by atoms with Crippen LogP contribution in [0.3, 0.4) is 0 Å². The number of Topliss-reactive ketones (excluding diaryl/α,β-unsaturated/α-hetero) is 2. The van der Waals surface area contributed by atoms with E-state index in [0.717, 1.165) is 24.5 Å². The molecule has 0 amide bonds. The number of carbonyl (C=O) groups is 2. The van der Waals surface area contributed by atoms with Crippen LogP contribution in [0, 0.1) is 22.2 Å². The fourth-order valence-corrected chi connectivity index (χ4v) is 7.90. The van der Waals surface area contributed by atoms with Crippen molar-refractivity contribution in [2.24, 2.45) is 22.2 Å². The molecule has 4 rings (SSSR count). The summed E-state index contributed by atoms with van der Waals surface area (Å²) in [6.07, 6.45) is 2.58. The maximum Gasteiger partial charge on any atom is 0.189 e. The van der Waals surface area contributed by atoms with Gasteiger partial charge in [0.15, 0.2) is 11.6 Å². The Balaban J connectivity index is 1.97. The van der Waals surface area contributed by atoms with Crippen LogP contribution in [-0.2, 0) is 0 Å². The number of hydrogen-bond donors (Lipinski definition) is 2. The Morgan fingerprint density at radius 3 is 2.42 bits per heavy atom. The van der Waals surface area contributed by atoms with Crippen molar-refractivity contribution >= 4 is 50.7 Å². The molecule has 5 atom stereocenters. The number of phenols is 2. The predicted molar refractivity (Wildman–Crippen MR) is 135 cm³/mol. The molecule has 7 heteroatoms. The molecule has 0 heterocycles. The Labute approximate surface area is 213 Å². The fraction of sp³-hybridized carbons (Fsp3) is 0.615. The molecular weight excluding hydrogens is 527 g/mol. The number of carbonyl (C=O) groups excluding carboxylic acids is 2. The number of alkyl halides is 3. The Bertz CT molecular complexity index is 1060. The number of rotatable bonds is 2. The van der Waals surface area contributed by atoms with Gasteiger partial charge in [0, 0.05) is 21.8 Å². The molecule has 0 aromatic heterocycles. The number of hydrogen-bond acceptors (Lipinski definition) is 4. The number of ketones is 2. The van der Waals surface area contributed by atoms with Crippen molar-refractivity contribution in [3.63, 3.8) is 0 Å². The molecule has 3 aliphatic carbocycles. The first kappa shape index (κ1) is 25.1. The second kappa shape index (κ2) is 7.73. The smallest absolute Gasteiger partial charge is 0.189 e. The zero-order valence-corrected chi connectivity index (χ0v) is 22.6. The van der Waals surface area contributed by atoms with Crippen LogP contribution in [0.15, 0.2) is 24.3 Å². The summed E-state index contributed by atoms with van der Waals surface area (Å²) < 4.78 is 0. The minimum Gasteiger partial charge on any atom is -0.508 e. The molecule has 0 spiro atoms. The van der Waals surface area contributed by atoms with E-state index in [1.807, 2.05) is 13.8 Å². The van der Waals surface area contributed by atoms with Crippen molar-refractivity contribution in [3.05, 3.63) is 35.4 Å². The van der Waals surface area contributed by atoms with E-state index in [1.54, 1.807) is 0 Å². The van der Waals surface area contributed by atoms with Gasteiger partial charge in [-0.15, -0.1) is 23.2 Å². The van der Waals surface area contributed by atoms with Crippen LogP contribution in [0.25, 0.3) is 0 Å². The van der Waals surface area contributed by atoms with E-state index in [4.69, 9.17) is 23.2 Å². The fourth-order valence-electron chi connectivity index (χ4n) is 6.49. The molecule has 33 heavy (non-hydrogen) atoms. The lowest BCUT2D eigenvalue weighted by molar-refractivity contribution is 0.00783.